The van der Waals surface area contributed by atoms with Crippen molar-refractivity contribution in [3.8, 4) is 11.3 Å². The minimum Gasteiger partial charge on any atom is -0.330 e. The van der Waals surface area contributed by atoms with E-state index in [9.17, 15) is 4.39 Å². The minimum atomic E-state index is -0.224. The van der Waals surface area contributed by atoms with Crippen molar-refractivity contribution in [1.29, 1.82) is 0 Å². The third-order valence-corrected chi connectivity index (χ3v) is 3.80. The van der Waals surface area contributed by atoms with Gasteiger partial charge in [0.05, 0.1) is 10.7 Å². The molecule has 0 radical (unpaired) electrons. The van der Waals surface area contributed by atoms with E-state index in [2.05, 4.69) is 11.9 Å². The lowest BCUT2D eigenvalue weighted by Crippen LogP contribution is -2.11. The molecule has 0 aliphatic rings. The summed E-state index contributed by atoms with van der Waals surface area (Å²) in [5.74, 6) is 0.104. The van der Waals surface area contributed by atoms with Crippen molar-refractivity contribution >= 4 is 11.3 Å². The van der Waals surface area contributed by atoms with E-state index in [1.54, 1.807) is 23.5 Å². The molecule has 0 aliphatic heterocycles. The van der Waals surface area contributed by atoms with Gasteiger partial charge in [-0.3, -0.25) is 0 Å². The second kappa shape index (κ2) is 5.38. The predicted molar refractivity (Wildman–Crippen MR) is 69.6 cm³/mol. The second-order valence-corrected chi connectivity index (χ2v) is 4.81. The largest absolute Gasteiger partial charge is 0.330 e. The predicted octanol–water partition coefficient (Wildman–Crippen LogP) is 3.40. The van der Waals surface area contributed by atoms with Crippen molar-refractivity contribution in [2.75, 3.05) is 6.54 Å². The molecule has 2 N–H and O–H groups in total. The summed E-state index contributed by atoms with van der Waals surface area (Å²) in [7, 11) is 0. The Morgan fingerprint density at radius 3 is 2.65 bits per heavy atom. The van der Waals surface area contributed by atoms with Gasteiger partial charge in [-0.15, -0.1) is 11.3 Å². The Hall–Kier alpha value is -1.26. The van der Waals surface area contributed by atoms with Gasteiger partial charge in [-0.25, -0.2) is 9.37 Å². The second-order valence-electron chi connectivity index (χ2n) is 3.92. The summed E-state index contributed by atoms with van der Waals surface area (Å²) in [5.41, 5.74) is 7.55. The van der Waals surface area contributed by atoms with Gasteiger partial charge in [-0.05, 0) is 30.7 Å². The molecule has 1 aromatic heterocycles. The maximum atomic E-state index is 12.8. The maximum Gasteiger partial charge on any atom is 0.123 e. The van der Waals surface area contributed by atoms with E-state index in [4.69, 9.17) is 5.73 Å². The summed E-state index contributed by atoms with van der Waals surface area (Å²) in [5, 5.41) is 3.07. The SMILES string of the molecule is CCC(CN)c1nc(-c2ccc(F)cc2)cs1. The monoisotopic (exact) mass is 250 g/mol. The molecule has 2 nitrogen and oxygen atoms in total. The fraction of sp³-hybridized carbons (Fsp3) is 0.308. The van der Waals surface area contributed by atoms with Crippen molar-refractivity contribution in [2.24, 2.45) is 5.73 Å². The average molecular weight is 250 g/mol. The zero-order valence-electron chi connectivity index (χ0n) is 9.69. The Kier molecular flexibility index (Phi) is 3.86. The molecule has 17 heavy (non-hydrogen) atoms. The first kappa shape index (κ1) is 12.2. The molecule has 0 saturated carbocycles. The van der Waals surface area contributed by atoms with E-state index < -0.39 is 0 Å². The molecule has 2 rings (SSSR count). The molecule has 1 aromatic carbocycles. The Labute approximate surface area is 104 Å². The minimum absolute atomic E-state index is 0.224. The molecule has 0 aliphatic carbocycles. The van der Waals surface area contributed by atoms with E-state index in [1.165, 1.54) is 12.1 Å². The third kappa shape index (κ3) is 2.70. The van der Waals surface area contributed by atoms with Crippen LogP contribution in [-0.2, 0) is 0 Å². The topological polar surface area (TPSA) is 38.9 Å². The summed E-state index contributed by atoms with van der Waals surface area (Å²) >= 11 is 1.62. The van der Waals surface area contributed by atoms with E-state index in [1.807, 2.05) is 5.38 Å². The number of hydrogen-bond donors (Lipinski definition) is 1. The quantitative estimate of drug-likeness (QED) is 0.903. The van der Waals surface area contributed by atoms with Gasteiger partial charge in [0, 0.05) is 23.4 Å². The standard InChI is InChI=1S/C13H15FN2S/c1-2-9(7-15)13-16-12(8-17-13)10-3-5-11(14)6-4-10/h3-6,8-9H,2,7,15H2,1H3. The third-order valence-electron chi connectivity index (χ3n) is 2.79. The fourth-order valence-corrected chi connectivity index (χ4v) is 2.70. The summed E-state index contributed by atoms with van der Waals surface area (Å²) in [6.07, 6.45) is 0.993. The zero-order valence-corrected chi connectivity index (χ0v) is 10.5. The van der Waals surface area contributed by atoms with E-state index in [0.717, 1.165) is 22.7 Å². The molecular formula is C13H15FN2S. The van der Waals surface area contributed by atoms with E-state index in [0.29, 0.717) is 12.5 Å². The van der Waals surface area contributed by atoms with Gasteiger partial charge in [0.25, 0.3) is 0 Å². The number of hydrogen-bond acceptors (Lipinski definition) is 3. The van der Waals surface area contributed by atoms with Crippen LogP contribution in [0.3, 0.4) is 0 Å². The van der Waals surface area contributed by atoms with Crippen LogP contribution in [0.2, 0.25) is 0 Å². The van der Waals surface area contributed by atoms with Crippen LogP contribution < -0.4 is 5.73 Å². The number of aromatic nitrogens is 1. The summed E-state index contributed by atoms with van der Waals surface area (Å²) < 4.78 is 12.8. The fourth-order valence-electron chi connectivity index (χ4n) is 1.67. The molecule has 0 spiro atoms. The van der Waals surface area contributed by atoms with Crippen LogP contribution >= 0.6 is 11.3 Å². The number of benzene rings is 1. The van der Waals surface area contributed by atoms with Crippen LogP contribution in [0.25, 0.3) is 11.3 Å². The van der Waals surface area contributed by atoms with Gasteiger partial charge in [0.1, 0.15) is 5.82 Å². The lowest BCUT2D eigenvalue weighted by atomic mass is 10.1. The van der Waals surface area contributed by atoms with E-state index in [-0.39, 0.29) is 5.82 Å². The normalized spacial score (nSPS) is 12.6. The van der Waals surface area contributed by atoms with Crippen molar-refractivity contribution in [3.63, 3.8) is 0 Å². The molecule has 0 bridgehead atoms. The first-order chi connectivity index (χ1) is 8.24. The number of nitrogens with two attached hydrogens (primary N) is 1. The lowest BCUT2D eigenvalue weighted by molar-refractivity contribution is 0.628. The molecule has 1 unspecified atom stereocenters. The first-order valence-electron chi connectivity index (χ1n) is 5.66. The molecule has 1 heterocycles. The van der Waals surface area contributed by atoms with Gasteiger partial charge in [-0.1, -0.05) is 6.92 Å². The first-order valence-corrected chi connectivity index (χ1v) is 6.54. The van der Waals surface area contributed by atoms with Gasteiger partial charge >= 0.3 is 0 Å². The molecule has 0 saturated heterocycles. The molecule has 0 fully saturated rings. The van der Waals surface area contributed by atoms with Gasteiger partial charge in [0.15, 0.2) is 0 Å². The van der Waals surface area contributed by atoms with Crippen molar-refractivity contribution in [1.82, 2.24) is 4.98 Å². The van der Waals surface area contributed by atoms with Crippen molar-refractivity contribution in [3.05, 3.63) is 40.5 Å². The Morgan fingerprint density at radius 2 is 2.06 bits per heavy atom. The van der Waals surface area contributed by atoms with Gasteiger partial charge < -0.3 is 5.73 Å². The van der Waals surface area contributed by atoms with Crippen LogP contribution in [-0.4, -0.2) is 11.5 Å². The number of thiazole rings is 1. The summed E-state index contributed by atoms with van der Waals surface area (Å²) in [6, 6.07) is 6.40. The molecule has 90 valence electrons. The summed E-state index contributed by atoms with van der Waals surface area (Å²) in [4.78, 5) is 4.57. The van der Waals surface area contributed by atoms with Crippen LogP contribution in [0.5, 0.6) is 0 Å². The van der Waals surface area contributed by atoms with Crippen molar-refractivity contribution < 1.29 is 4.39 Å². The Bertz CT molecular complexity index is 474. The maximum absolute atomic E-state index is 12.8. The highest BCUT2D eigenvalue weighted by molar-refractivity contribution is 7.10. The Morgan fingerprint density at radius 1 is 1.35 bits per heavy atom. The molecular weight excluding hydrogens is 235 g/mol. The number of rotatable bonds is 4. The van der Waals surface area contributed by atoms with E-state index >= 15 is 0 Å². The van der Waals surface area contributed by atoms with Gasteiger partial charge in [0.2, 0.25) is 0 Å². The number of nitrogens with zero attached hydrogens (tertiary/aromatic N) is 1. The van der Waals surface area contributed by atoms with Gasteiger partial charge in [-0.2, -0.15) is 0 Å². The molecule has 1 atom stereocenters. The smallest absolute Gasteiger partial charge is 0.123 e. The highest BCUT2D eigenvalue weighted by atomic mass is 32.1. The molecule has 0 amide bonds. The van der Waals surface area contributed by atoms with Crippen molar-refractivity contribution in [2.45, 2.75) is 19.3 Å². The summed E-state index contributed by atoms with van der Waals surface area (Å²) in [6.45, 7) is 2.73. The molecule has 2 aromatic rings. The molecule has 4 heteroatoms. The average Bonchev–Trinajstić information content (AvgIpc) is 2.81. The number of halogens is 1. The van der Waals surface area contributed by atoms with Crippen LogP contribution in [0.15, 0.2) is 29.6 Å². The van der Waals surface area contributed by atoms with Crippen LogP contribution in [0.1, 0.15) is 24.3 Å². The Balaban J connectivity index is 2.26. The van der Waals surface area contributed by atoms with Crippen LogP contribution in [0, 0.1) is 5.82 Å². The highest BCUT2D eigenvalue weighted by Crippen LogP contribution is 2.27. The lowest BCUT2D eigenvalue weighted by Gasteiger charge is -2.07. The van der Waals surface area contributed by atoms with Crippen LogP contribution in [0.4, 0.5) is 4.39 Å². The zero-order chi connectivity index (χ0) is 12.3. The highest BCUT2D eigenvalue weighted by Gasteiger charge is 2.12.